The molecule has 3 aromatic rings. The molecule has 0 bridgehead atoms. The van der Waals surface area contributed by atoms with Crippen molar-refractivity contribution in [3.05, 3.63) is 78.1 Å². The zero-order valence-corrected chi connectivity index (χ0v) is 14.2. The third-order valence-corrected chi connectivity index (χ3v) is 4.49. The lowest BCUT2D eigenvalue weighted by molar-refractivity contribution is -0.128. The molecular formula is C19H16FN5O2. The Balaban J connectivity index is 1.62. The average Bonchev–Trinajstić information content (AvgIpc) is 3.23. The van der Waals surface area contributed by atoms with Crippen LogP contribution in [0, 0.1) is 5.82 Å². The fraction of sp³-hybridized carbons (Fsp3) is 0.158. The SMILES string of the molecule is O=C1NCCN(C(=O)c2ccc(-n3cnnc3)cc2)[C@@H]1c1ccc(F)cc1. The minimum atomic E-state index is -0.788. The lowest BCUT2D eigenvalue weighted by atomic mass is 10.0. The molecule has 2 aromatic carbocycles. The lowest BCUT2D eigenvalue weighted by Gasteiger charge is -2.35. The molecule has 1 aliphatic rings. The molecule has 1 saturated heterocycles. The second kappa shape index (κ2) is 6.99. The summed E-state index contributed by atoms with van der Waals surface area (Å²) in [6, 6.07) is 11.8. The Bertz CT molecular complexity index is 955. The van der Waals surface area contributed by atoms with Crippen LogP contribution >= 0.6 is 0 Å². The molecule has 7 nitrogen and oxygen atoms in total. The van der Waals surface area contributed by atoms with Crippen LogP contribution in [0.1, 0.15) is 22.0 Å². The maximum absolute atomic E-state index is 13.2. The molecule has 4 rings (SSSR count). The molecule has 0 aliphatic carbocycles. The topological polar surface area (TPSA) is 80.1 Å². The number of amides is 2. The van der Waals surface area contributed by atoms with Crippen LogP contribution < -0.4 is 5.32 Å². The maximum atomic E-state index is 13.2. The van der Waals surface area contributed by atoms with E-state index in [1.165, 1.54) is 29.2 Å². The number of rotatable bonds is 3. The first-order valence-corrected chi connectivity index (χ1v) is 8.43. The number of nitrogens with one attached hydrogen (secondary N) is 1. The highest BCUT2D eigenvalue weighted by atomic mass is 19.1. The van der Waals surface area contributed by atoms with Crippen LogP contribution in [0.4, 0.5) is 4.39 Å². The second-order valence-corrected chi connectivity index (χ2v) is 6.16. The molecule has 2 amide bonds. The van der Waals surface area contributed by atoms with Gasteiger partial charge in [0.05, 0.1) is 0 Å². The summed E-state index contributed by atoms with van der Waals surface area (Å²) in [5, 5.41) is 10.3. The predicted molar refractivity (Wildman–Crippen MR) is 94.5 cm³/mol. The first kappa shape index (κ1) is 16.9. The Morgan fingerprint density at radius 3 is 2.37 bits per heavy atom. The van der Waals surface area contributed by atoms with E-state index in [-0.39, 0.29) is 11.8 Å². The lowest BCUT2D eigenvalue weighted by Crippen LogP contribution is -2.52. The molecule has 1 fully saturated rings. The van der Waals surface area contributed by atoms with Crippen LogP contribution in [0.25, 0.3) is 5.69 Å². The molecule has 136 valence electrons. The van der Waals surface area contributed by atoms with Crippen molar-refractivity contribution in [2.45, 2.75) is 6.04 Å². The van der Waals surface area contributed by atoms with Crippen LogP contribution in [0.5, 0.6) is 0 Å². The molecule has 1 aliphatic heterocycles. The van der Waals surface area contributed by atoms with E-state index in [4.69, 9.17) is 0 Å². The molecule has 0 unspecified atom stereocenters. The molecule has 1 atom stereocenters. The zero-order valence-electron chi connectivity index (χ0n) is 14.2. The van der Waals surface area contributed by atoms with E-state index in [9.17, 15) is 14.0 Å². The number of nitrogens with zero attached hydrogens (tertiary/aromatic N) is 4. The van der Waals surface area contributed by atoms with Gasteiger partial charge in [-0.2, -0.15) is 0 Å². The summed E-state index contributed by atoms with van der Waals surface area (Å²) in [6.07, 6.45) is 3.13. The monoisotopic (exact) mass is 365 g/mol. The summed E-state index contributed by atoms with van der Waals surface area (Å²) in [5.41, 5.74) is 1.86. The smallest absolute Gasteiger partial charge is 0.254 e. The summed E-state index contributed by atoms with van der Waals surface area (Å²) in [6.45, 7) is 0.751. The van der Waals surface area contributed by atoms with Gasteiger partial charge < -0.3 is 10.2 Å². The fourth-order valence-corrected chi connectivity index (χ4v) is 3.14. The van der Waals surface area contributed by atoms with Gasteiger partial charge in [-0.05, 0) is 42.0 Å². The van der Waals surface area contributed by atoms with Crippen molar-refractivity contribution in [2.75, 3.05) is 13.1 Å². The van der Waals surface area contributed by atoms with E-state index < -0.39 is 11.9 Å². The van der Waals surface area contributed by atoms with Crippen LogP contribution in [0.15, 0.2) is 61.2 Å². The number of halogens is 1. The van der Waals surface area contributed by atoms with E-state index in [0.29, 0.717) is 24.2 Å². The van der Waals surface area contributed by atoms with Crippen molar-refractivity contribution in [3.63, 3.8) is 0 Å². The molecule has 0 saturated carbocycles. The first-order valence-electron chi connectivity index (χ1n) is 8.43. The molecule has 0 radical (unpaired) electrons. The fourth-order valence-electron chi connectivity index (χ4n) is 3.14. The summed E-state index contributed by atoms with van der Waals surface area (Å²) in [7, 11) is 0. The molecular weight excluding hydrogens is 349 g/mol. The predicted octanol–water partition coefficient (Wildman–Crippen LogP) is 1.72. The van der Waals surface area contributed by atoms with Crippen LogP contribution in [-0.2, 0) is 4.79 Å². The third kappa shape index (κ3) is 3.29. The van der Waals surface area contributed by atoms with Crippen molar-refractivity contribution in [1.82, 2.24) is 25.0 Å². The summed E-state index contributed by atoms with van der Waals surface area (Å²) in [4.78, 5) is 27.0. The van der Waals surface area contributed by atoms with E-state index >= 15 is 0 Å². The van der Waals surface area contributed by atoms with E-state index in [1.54, 1.807) is 41.5 Å². The normalized spacial score (nSPS) is 16.9. The van der Waals surface area contributed by atoms with E-state index in [1.807, 2.05) is 0 Å². The molecule has 1 N–H and O–H groups in total. The Morgan fingerprint density at radius 1 is 1.04 bits per heavy atom. The number of hydrogen-bond donors (Lipinski definition) is 1. The summed E-state index contributed by atoms with van der Waals surface area (Å²) < 4.78 is 15.0. The molecule has 2 heterocycles. The van der Waals surface area contributed by atoms with Gasteiger partial charge >= 0.3 is 0 Å². The summed E-state index contributed by atoms with van der Waals surface area (Å²) >= 11 is 0. The largest absolute Gasteiger partial charge is 0.352 e. The Hall–Kier alpha value is -3.55. The number of benzene rings is 2. The van der Waals surface area contributed by atoms with Crippen LogP contribution in [0.3, 0.4) is 0 Å². The quantitative estimate of drug-likeness (QED) is 0.766. The van der Waals surface area contributed by atoms with Gasteiger partial charge in [0.1, 0.15) is 24.5 Å². The molecule has 8 heteroatoms. The van der Waals surface area contributed by atoms with Gasteiger partial charge in [-0.25, -0.2) is 4.39 Å². The summed E-state index contributed by atoms with van der Waals surface area (Å²) in [5.74, 6) is -0.922. The van der Waals surface area contributed by atoms with Crippen molar-refractivity contribution in [1.29, 1.82) is 0 Å². The third-order valence-electron chi connectivity index (χ3n) is 4.49. The minimum Gasteiger partial charge on any atom is -0.352 e. The number of piperazine rings is 1. The highest BCUT2D eigenvalue weighted by molar-refractivity contribution is 5.98. The van der Waals surface area contributed by atoms with Gasteiger partial charge in [-0.1, -0.05) is 12.1 Å². The van der Waals surface area contributed by atoms with Crippen LogP contribution in [0.2, 0.25) is 0 Å². The van der Waals surface area contributed by atoms with Crippen molar-refractivity contribution >= 4 is 11.8 Å². The van der Waals surface area contributed by atoms with E-state index in [0.717, 1.165) is 5.69 Å². The molecule has 0 spiro atoms. The van der Waals surface area contributed by atoms with Crippen molar-refractivity contribution in [2.24, 2.45) is 0 Å². The first-order chi connectivity index (χ1) is 13.1. The van der Waals surface area contributed by atoms with E-state index in [2.05, 4.69) is 15.5 Å². The van der Waals surface area contributed by atoms with Crippen molar-refractivity contribution in [3.8, 4) is 5.69 Å². The number of carbonyl (C=O) groups is 2. The number of hydrogen-bond acceptors (Lipinski definition) is 4. The highest BCUT2D eigenvalue weighted by Crippen LogP contribution is 2.25. The maximum Gasteiger partial charge on any atom is 0.254 e. The van der Waals surface area contributed by atoms with Gasteiger partial charge in [0.2, 0.25) is 5.91 Å². The standard InChI is InChI=1S/C19H16FN5O2/c20-15-5-1-13(2-6-15)17-18(26)21-9-10-25(17)19(27)14-3-7-16(8-4-14)24-11-22-23-12-24/h1-8,11-12,17H,9-10H2,(H,21,26)/t17-/m1/s1. The van der Waals surface area contributed by atoms with Crippen molar-refractivity contribution < 1.29 is 14.0 Å². The van der Waals surface area contributed by atoms with Gasteiger partial charge in [0.15, 0.2) is 0 Å². The van der Waals surface area contributed by atoms with Crippen LogP contribution in [-0.4, -0.2) is 44.6 Å². The second-order valence-electron chi connectivity index (χ2n) is 6.16. The Labute approximate surface area is 154 Å². The minimum absolute atomic E-state index is 0.255. The number of carbonyl (C=O) groups excluding carboxylic acids is 2. The number of aromatic nitrogens is 3. The Morgan fingerprint density at radius 2 is 1.70 bits per heavy atom. The zero-order chi connectivity index (χ0) is 18.8. The van der Waals surface area contributed by atoms with Gasteiger partial charge in [0, 0.05) is 24.3 Å². The van der Waals surface area contributed by atoms with Gasteiger partial charge in [-0.15, -0.1) is 10.2 Å². The van der Waals surface area contributed by atoms with Gasteiger partial charge in [-0.3, -0.25) is 14.2 Å². The Kier molecular flexibility index (Phi) is 4.37. The molecule has 27 heavy (non-hydrogen) atoms. The molecule has 1 aromatic heterocycles. The average molecular weight is 365 g/mol. The van der Waals surface area contributed by atoms with Gasteiger partial charge in [0.25, 0.3) is 5.91 Å². The highest BCUT2D eigenvalue weighted by Gasteiger charge is 2.34.